The number of rotatable bonds is 4. The molecule has 0 atom stereocenters. The van der Waals surface area contributed by atoms with E-state index in [-0.39, 0.29) is 11.2 Å². The minimum absolute atomic E-state index is 0.0571. The third-order valence-electron chi connectivity index (χ3n) is 3.12. The van der Waals surface area contributed by atoms with E-state index < -0.39 is 5.97 Å². The quantitative estimate of drug-likeness (QED) is 0.871. The van der Waals surface area contributed by atoms with Crippen LogP contribution in [0.4, 0.5) is 0 Å². The van der Waals surface area contributed by atoms with Gasteiger partial charge in [0.25, 0.3) is 0 Å². The smallest absolute Gasteiger partial charge is 0.371 e. The van der Waals surface area contributed by atoms with Crippen LogP contribution in [0.2, 0.25) is 0 Å². The highest BCUT2D eigenvalue weighted by Gasteiger charge is 2.18. The van der Waals surface area contributed by atoms with Gasteiger partial charge in [-0.1, -0.05) is 20.8 Å². The normalized spacial score (nSPS) is 11.6. The summed E-state index contributed by atoms with van der Waals surface area (Å²) in [5, 5.41) is 8.82. The van der Waals surface area contributed by atoms with Crippen molar-refractivity contribution in [1.82, 2.24) is 4.57 Å². The van der Waals surface area contributed by atoms with E-state index in [1.807, 2.05) is 12.3 Å². The molecular weight excluding hydrogens is 258 g/mol. The SMILES string of the molecule is CC(C)(C)c1cc(C=O)n(Cc2ccc(C(=O)O)o2)c1. The molecule has 2 heterocycles. The molecule has 2 aromatic heterocycles. The van der Waals surface area contributed by atoms with E-state index in [2.05, 4.69) is 20.8 Å². The number of carboxylic acids is 1. The largest absolute Gasteiger partial charge is 0.475 e. The first-order valence-electron chi connectivity index (χ1n) is 6.29. The first-order chi connectivity index (χ1) is 9.31. The monoisotopic (exact) mass is 275 g/mol. The number of aromatic carboxylic acids is 1. The lowest BCUT2D eigenvalue weighted by Crippen LogP contribution is -2.09. The van der Waals surface area contributed by atoms with Gasteiger partial charge >= 0.3 is 5.97 Å². The van der Waals surface area contributed by atoms with Crippen molar-refractivity contribution in [1.29, 1.82) is 0 Å². The number of nitrogens with zero attached hydrogens (tertiary/aromatic N) is 1. The summed E-state index contributed by atoms with van der Waals surface area (Å²) < 4.78 is 6.97. The Labute approximate surface area is 116 Å². The van der Waals surface area contributed by atoms with Gasteiger partial charge < -0.3 is 14.1 Å². The summed E-state index contributed by atoms with van der Waals surface area (Å²) in [6.45, 7) is 6.53. The van der Waals surface area contributed by atoms with E-state index in [0.717, 1.165) is 11.8 Å². The lowest BCUT2D eigenvalue weighted by Gasteiger charge is -2.15. The summed E-state index contributed by atoms with van der Waals surface area (Å²) in [6.07, 6.45) is 2.68. The molecule has 0 bridgehead atoms. The maximum absolute atomic E-state index is 11.1. The number of carbonyl (C=O) groups is 2. The van der Waals surface area contributed by atoms with Crippen LogP contribution < -0.4 is 0 Å². The number of aldehydes is 1. The maximum atomic E-state index is 11.1. The van der Waals surface area contributed by atoms with Crippen molar-refractivity contribution >= 4 is 12.3 Å². The van der Waals surface area contributed by atoms with Gasteiger partial charge in [-0.3, -0.25) is 4.79 Å². The van der Waals surface area contributed by atoms with E-state index in [1.54, 1.807) is 10.6 Å². The van der Waals surface area contributed by atoms with E-state index in [0.29, 0.717) is 18.0 Å². The number of hydrogen-bond donors (Lipinski definition) is 1. The molecule has 2 aromatic rings. The minimum Gasteiger partial charge on any atom is -0.475 e. The molecule has 0 aliphatic carbocycles. The first-order valence-corrected chi connectivity index (χ1v) is 6.29. The standard InChI is InChI=1S/C15H17NO4/c1-15(2,3)10-6-11(9-17)16(7-10)8-12-4-5-13(20-12)14(18)19/h4-7,9H,8H2,1-3H3,(H,18,19). The van der Waals surface area contributed by atoms with Crippen LogP contribution in [0.25, 0.3) is 0 Å². The number of aromatic nitrogens is 1. The summed E-state index contributed by atoms with van der Waals surface area (Å²) in [4.78, 5) is 21.9. The first kappa shape index (κ1) is 14.1. The average Bonchev–Trinajstić information content (AvgIpc) is 2.95. The fourth-order valence-electron chi connectivity index (χ4n) is 1.92. The summed E-state index contributed by atoms with van der Waals surface area (Å²) in [5.41, 5.74) is 1.53. The molecule has 5 nitrogen and oxygen atoms in total. The Morgan fingerprint density at radius 2 is 2.10 bits per heavy atom. The third-order valence-corrected chi connectivity index (χ3v) is 3.12. The number of hydrogen-bond acceptors (Lipinski definition) is 3. The molecule has 0 saturated carbocycles. The molecule has 0 saturated heterocycles. The van der Waals surface area contributed by atoms with Gasteiger partial charge in [-0.2, -0.15) is 0 Å². The molecule has 0 aliphatic heterocycles. The Balaban J connectivity index is 2.30. The van der Waals surface area contributed by atoms with Crippen molar-refractivity contribution in [3.05, 3.63) is 47.2 Å². The van der Waals surface area contributed by atoms with E-state index in [4.69, 9.17) is 9.52 Å². The van der Waals surface area contributed by atoms with Gasteiger partial charge in [0.05, 0.1) is 12.2 Å². The Morgan fingerprint density at radius 1 is 1.40 bits per heavy atom. The van der Waals surface area contributed by atoms with Gasteiger partial charge in [0.2, 0.25) is 5.76 Å². The van der Waals surface area contributed by atoms with Gasteiger partial charge in [0.1, 0.15) is 5.76 Å². The summed E-state index contributed by atoms with van der Waals surface area (Å²) in [7, 11) is 0. The van der Waals surface area contributed by atoms with Gasteiger partial charge in [-0.25, -0.2) is 4.79 Å². The van der Waals surface area contributed by atoms with Crippen LogP contribution in [0, 0.1) is 0 Å². The molecule has 1 N–H and O–H groups in total. The highest BCUT2D eigenvalue weighted by molar-refractivity contribution is 5.84. The van der Waals surface area contributed by atoms with Crippen LogP contribution in [0.15, 0.2) is 28.8 Å². The third kappa shape index (κ3) is 2.82. The van der Waals surface area contributed by atoms with Gasteiger partial charge in [0, 0.05) is 6.20 Å². The Bertz CT molecular complexity index is 643. The van der Waals surface area contributed by atoms with Gasteiger partial charge in [-0.15, -0.1) is 0 Å². The predicted octanol–water partition coefficient (Wildman–Crippen LogP) is 2.94. The Kier molecular flexibility index (Phi) is 3.53. The molecule has 0 spiro atoms. The highest BCUT2D eigenvalue weighted by atomic mass is 16.4. The number of carboxylic acid groups (broad SMARTS) is 1. The van der Waals surface area contributed by atoms with Crippen LogP contribution >= 0.6 is 0 Å². The second-order valence-electron chi connectivity index (χ2n) is 5.72. The lowest BCUT2D eigenvalue weighted by molar-refractivity contribution is 0.0660. The van der Waals surface area contributed by atoms with Crippen LogP contribution in [0.5, 0.6) is 0 Å². The van der Waals surface area contributed by atoms with Crippen LogP contribution in [-0.4, -0.2) is 21.9 Å². The highest BCUT2D eigenvalue weighted by Crippen LogP contribution is 2.24. The number of carbonyl (C=O) groups excluding carboxylic acids is 1. The van der Waals surface area contributed by atoms with Crippen molar-refractivity contribution in [3.8, 4) is 0 Å². The van der Waals surface area contributed by atoms with Gasteiger partial charge in [-0.05, 0) is 29.2 Å². The fraction of sp³-hybridized carbons (Fsp3) is 0.333. The molecule has 0 amide bonds. The fourth-order valence-corrected chi connectivity index (χ4v) is 1.92. The minimum atomic E-state index is -1.10. The van der Waals surface area contributed by atoms with Crippen LogP contribution in [0.1, 0.15) is 53.1 Å². The van der Waals surface area contributed by atoms with E-state index in [1.165, 1.54) is 6.07 Å². The molecule has 2 rings (SSSR count). The van der Waals surface area contributed by atoms with Gasteiger partial charge in [0.15, 0.2) is 6.29 Å². The van der Waals surface area contributed by atoms with Crippen molar-refractivity contribution < 1.29 is 19.1 Å². The summed E-state index contributed by atoms with van der Waals surface area (Å²) in [5.74, 6) is -0.702. The van der Waals surface area contributed by atoms with E-state index in [9.17, 15) is 9.59 Å². The average molecular weight is 275 g/mol. The van der Waals surface area contributed by atoms with Crippen molar-refractivity contribution in [2.45, 2.75) is 32.7 Å². The molecule has 5 heteroatoms. The van der Waals surface area contributed by atoms with Crippen molar-refractivity contribution in [3.63, 3.8) is 0 Å². The summed E-state index contributed by atoms with van der Waals surface area (Å²) in [6, 6.07) is 4.86. The predicted molar refractivity (Wildman–Crippen MR) is 73.3 cm³/mol. The topological polar surface area (TPSA) is 72.4 Å². The number of furan rings is 1. The Morgan fingerprint density at radius 3 is 2.60 bits per heavy atom. The van der Waals surface area contributed by atoms with E-state index >= 15 is 0 Å². The second kappa shape index (κ2) is 5.00. The molecule has 0 aromatic carbocycles. The zero-order valence-electron chi connectivity index (χ0n) is 11.7. The lowest BCUT2D eigenvalue weighted by atomic mass is 9.89. The second-order valence-corrected chi connectivity index (χ2v) is 5.72. The Hall–Kier alpha value is -2.30. The van der Waals surface area contributed by atoms with Crippen LogP contribution in [-0.2, 0) is 12.0 Å². The molecule has 0 unspecified atom stereocenters. The summed E-state index contributed by atoms with van der Waals surface area (Å²) >= 11 is 0. The molecule has 0 fully saturated rings. The zero-order chi connectivity index (χ0) is 14.9. The zero-order valence-corrected chi connectivity index (χ0v) is 11.7. The molecular formula is C15H17NO4. The van der Waals surface area contributed by atoms with Crippen molar-refractivity contribution in [2.75, 3.05) is 0 Å². The van der Waals surface area contributed by atoms with Crippen molar-refractivity contribution in [2.24, 2.45) is 0 Å². The molecule has 0 aliphatic rings. The maximum Gasteiger partial charge on any atom is 0.371 e. The molecule has 0 radical (unpaired) electrons. The molecule has 106 valence electrons. The molecule has 20 heavy (non-hydrogen) atoms. The van der Waals surface area contributed by atoms with Crippen LogP contribution in [0.3, 0.4) is 0 Å².